The first kappa shape index (κ1) is 14.4. The smallest absolute Gasteiger partial charge is 0.744 e. The van der Waals surface area contributed by atoms with Crippen molar-refractivity contribution < 1.29 is 52.4 Å². The molecule has 0 aliphatic rings. The second kappa shape index (κ2) is 4.95. The summed E-state index contributed by atoms with van der Waals surface area (Å²) in [6, 6.07) is 2.56. The van der Waals surface area contributed by atoms with Gasteiger partial charge in [-0.05, 0) is 18.2 Å². The summed E-state index contributed by atoms with van der Waals surface area (Å²) < 4.78 is 31.5. The van der Waals surface area contributed by atoms with E-state index in [0.717, 1.165) is 18.2 Å². The topological polar surface area (TPSA) is 123 Å². The molecule has 0 radical (unpaired) electrons. The van der Waals surface area contributed by atoms with Crippen LogP contribution in [0.2, 0.25) is 0 Å². The molecule has 8 heteroatoms. The number of hydrogen-bond donors (Lipinski definition) is 1. The molecule has 0 spiro atoms. The molecule has 6 nitrogen and oxygen atoms in total. The molecule has 2 N–H and O–H groups in total. The Morgan fingerprint density at radius 3 is 2.20 bits per heavy atom. The van der Waals surface area contributed by atoms with Gasteiger partial charge in [0.05, 0.1) is 10.9 Å². The zero-order chi connectivity index (χ0) is 10.9. The molecular formula is C7H5NNaO5S-. The summed E-state index contributed by atoms with van der Waals surface area (Å²) in [7, 11) is -4.61. The Balaban J connectivity index is 0.00000196. The van der Waals surface area contributed by atoms with Gasteiger partial charge in [-0.2, -0.15) is 0 Å². The van der Waals surface area contributed by atoms with Gasteiger partial charge in [0.1, 0.15) is 10.1 Å². The normalized spacial score (nSPS) is 10.5. The molecule has 0 aliphatic heterocycles. The minimum Gasteiger partial charge on any atom is -0.744 e. The quantitative estimate of drug-likeness (QED) is 0.315. The van der Waals surface area contributed by atoms with Gasteiger partial charge in [0, 0.05) is 11.3 Å². The van der Waals surface area contributed by atoms with Gasteiger partial charge in [-0.25, -0.2) is 8.42 Å². The summed E-state index contributed by atoms with van der Waals surface area (Å²) in [4.78, 5) is 9.79. The Labute approximate surface area is 108 Å². The van der Waals surface area contributed by atoms with Crippen LogP contribution in [0.15, 0.2) is 23.1 Å². The van der Waals surface area contributed by atoms with Crippen molar-refractivity contribution in [3.63, 3.8) is 0 Å². The van der Waals surface area contributed by atoms with Gasteiger partial charge >= 0.3 is 29.6 Å². The first-order valence-corrected chi connectivity index (χ1v) is 4.80. The molecule has 1 aromatic rings. The van der Waals surface area contributed by atoms with Crippen LogP contribution in [0.1, 0.15) is 10.4 Å². The predicted octanol–water partition coefficient (Wildman–Crippen LogP) is -4.46. The molecule has 0 atom stereocenters. The van der Waals surface area contributed by atoms with E-state index in [1.54, 1.807) is 0 Å². The molecule has 1 rings (SSSR count). The summed E-state index contributed by atoms with van der Waals surface area (Å²) in [5, 5.41) is 10.4. The van der Waals surface area contributed by atoms with Crippen molar-refractivity contribution in [2.75, 3.05) is 5.73 Å². The second-order valence-corrected chi connectivity index (χ2v) is 3.87. The van der Waals surface area contributed by atoms with Crippen molar-refractivity contribution >= 4 is 21.8 Å². The molecule has 0 saturated carbocycles. The number of nitrogen functional groups attached to an aromatic ring is 1. The molecular weight excluding hydrogens is 233 g/mol. The Hall–Kier alpha value is -0.600. The number of anilines is 1. The van der Waals surface area contributed by atoms with Crippen molar-refractivity contribution in [2.45, 2.75) is 4.90 Å². The first-order valence-electron chi connectivity index (χ1n) is 3.39. The van der Waals surface area contributed by atoms with Crippen LogP contribution in [0, 0.1) is 0 Å². The number of benzene rings is 1. The number of carbonyl (C=O) groups excluding carboxylic acids is 1. The number of nitrogens with two attached hydrogens (primary N) is 1. The van der Waals surface area contributed by atoms with Gasteiger partial charge in [-0.3, -0.25) is 0 Å². The van der Waals surface area contributed by atoms with E-state index in [-0.39, 0.29) is 40.8 Å². The maximum absolute atomic E-state index is 10.5. The third-order valence-corrected chi connectivity index (χ3v) is 2.36. The van der Waals surface area contributed by atoms with Crippen molar-refractivity contribution in [3.05, 3.63) is 23.8 Å². The second-order valence-electron chi connectivity index (χ2n) is 2.49. The average molecular weight is 238 g/mol. The molecule has 76 valence electrons. The Morgan fingerprint density at radius 2 is 1.87 bits per heavy atom. The largest absolute Gasteiger partial charge is 1.00 e. The number of aromatic carboxylic acids is 1. The number of carboxylic acids is 1. The molecule has 0 aliphatic carbocycles. The zero-order valence-electron chi connectivity index (χ0n) is 7.76. The van der Waals surface area contributed by atoms with Gasteiger partial charge in [0.15, 0.2) is 0 Å². The fourth-order valence-corrected chi connectivity index (χ4v) is 1.39. The molecule has 0 unspecified atom stereocenters. The number of carbonyl (C=O) groups is 1. The number of rotatable bonds is 2. The SMILES string of the molecule is Nc1cc(S(=O)(=O)[O-])ccc1C(=O)[O-].[Na+]. The third kappa shape index (κ3) is 3.47. The van der Waals surface area contributed by atoms with Crippen LogP contribution in [0.5, 0.6) is 0 Å². The van der Waals surface area contributed by atoms with Gasteiger partial charge in [0.2, 0.25) is 0 Å². The van der Waals surface area contributed by atoms with Crippen LogP contribution in [0.4, 0.5) is 5.69 Å². The summed E-state index contributed by atoms with van der Waals surface area (Å²) >= 11 is 0. The molecule has 15 heavy (non-hydrogen) atoms. The van der Waals surface area contributed by atoms with E-state index in [1.165, 1.54) is 0 Å². The van der Waals surface area contributed by atoms with E-state index >= 15 is 0 Å². The van der Waals surface area contributed by atoms with Crippen molar-refractivity contribution in [3.8, 4) is 0 Å². The van der Waals surface area contributed by atoms with Gasteiger partial charge in [-0.15, -0.1) is 0 Å². The predicted molar refractivity (Wildman–Crippen MR) is 43.1 cm³/mol. The summed E-state index contributed by atoms with van der Waals surface area (Å²) in [5.41, 5.74) is 4.53. The fraction of sp³-hybridized carbons (Fsp3) is 0. The Morgan fingerprint density at radius 1 is 1.33 bits per heavy atom. The maximum Gasteiger partial charge on any atom is 1.00 e. The summed E-state index contributed by atoms with van der Waals surface area (Å²) in [6.45, 7) is 0. The molecule has 0 fully saturated rings. The van der Waals surface area contributed by atoms with E-state index in [4.69, 9.17) is 5.73 Å². The summed E-state index contributed by atoms with van der Waals surface area (Å²) in [6.07, 6.45) is 0. The van der Waals surface area contributed by atoms with E-state index < -0.39 is 21.0 Å². The average Bonchev–Trinajstić information content (AvgIpc) is 2.01. The van der Waals surface area contributed by atoms with Crippen LogP contribution in [-0.4, -0.2) is 18.9 Å². The summed E-state index contributed by atoms with van der Waals surface area (Å²) in [5.74, 6) is -1.53. The number of hydrogen-bond acceptors (Lipinski definition) is 6. The zero-order valence-corrected chi connectivity index (χ0v) is 10.6. The van der Waals surface area contributed by atoms with Crippen LogP contribution < -0.4 is 40.4 Å². The monoisotopic (exact) mass is 238 g/mol. The standard InChI is InChI=1S/C7H7NO5S.Na/c8-6-3-4(14(11,12)13)1-2-5(6)7(9)10;/h1-3H,8H2,(H,9,10)(H,11,12,13);/q;+1/p-2. The molecule has 0 aromatic heterocycles. The van der Waals surface area contributed by atoms with Crippen LogP contribution in [0.3, 0.4) is 0 Å². The molecule has 1 aromatic carbocycles. The van der Waals surface area contributed by atoms with E-state index in [2.05, 4.69) is 0 Å². The maximum atomic E-state index is 10.5. The third-order valence-electron chi connectivity index (χ3n) is 1.53. The van der Waals surface area contributed by atoms with Crippen LogP contribution >= 0.6 is 0 Å². The number of carboxylic acid groups (broad SMARTS) is 1. The van der Waals surface area contributed by atoms with Crippen LogP contribution in [0.25, 0.3) is 0 Å². The first-order chi connectivity index (χ1) is 6.32. The van der Waals surface area contributed by atoms with E-state index in [1.807, 2.05) is 0 Å². The van der Waals surface area contributed by atoms with Gasteiger partial charge in [0.25, 0.3) is 0 Å². The van der Waals surface area contributed by atoms with Crippen molar-refractivity contribution in [1.29, 1.82) is 0 Å². The van der Waals surface area contributed by atoms with Crippen LogP contribution in [-0.2, 0) is 10.1 Å². The Kier molecular flexibility index (Phi) is 4.75. The minimum atomic E-state index is -4.61. The van der Waals surface area contributed by atoms with Gasteiger partial charge in [-0.1, -0.05) is 0 Å². The van der Waals surface area contributed by atoms with Crippen molar-refractivity contribution in [1.82, 2.24) is 0 Å². The molecule has 0 amide bonds. The minimum absolute atomic E-state index is 0. The van der Waals surface area contributed by atoms with Gasteiger partial charge < -0.3 is 20.2 Å². The van der Waals surface area contributed by atoms with E-state index in [0.29, 0.717) is 0 Å². The van der Waals surface area contributed by atoms with E-state index in [9.17, 15) is 22.9 Å². The fourth-order valence-electron chi connectivity index (χ4n) is 0.882. The Bertz CT molecular complexity index is 484. The molecule has 0 heterocycles. The molecule has 0 saturated heterocycles. The van der Waals surface area contributed by atoms with Crippen molar-refractivity contribution in [2.24, 2.45) is 0 Å². The molecule has 0 bridgehead atoms.